The number of rotatable bonds is 7. The zero-order valence-corrected chi connectivity index (χ0v) is 18.2. The smallest absolute Gasteiger partial charge is 0.223 e. The molecule has 0 aromatic heterocycles. The van der Waals surface area contributed by atoms with Crippen LogP contribution in [0.3, 0.4) is 0 Å². The monoisotopic (exact) mass is 442 g/mol. The first-order chi connectivity index (χ1) is 14.2. The topological polar surface area (TPSA) is 92.7 Å². The summed E-state index contributed by atoms with van der Waals surface area (Å²) in [6.07, 6.45) is 0. The molecule has 30 heavy (non-hydrogen) atoms. The van der Waals surface area contributed by atoms with Gasteiger partial charge in [-0.05, 0) is 43.7 Å². The molecule has 0 spiro atoms. The van der Waals surface area contributed by atoms with Gasteiger partial charge in [-0.25, -0.2) is 8.42 Å². The molecular formula is C22H22N2O4S2. The second kappa shape index (κ2) is 8.81. The third-order valence-corrected chi connectivity index (χ3v) is 7.31. The Morgan fingerprint density at radius 2 is 1.23 bits per heavy atom. The van der Waals surface area contributed by atoms with Crippen molar-refractivity contribution in [3.63, 3.8) is 0 Å². The van der Waals surface area contributed by atoms with Gasteiger partial charge in [-0.2, -0.15) is 18.4 Å². The van der Waals surface area contributed by atoms with Crippen LogP contribution in [0.5, 0.6) is 0 Å². The lowest BCUT2D eigenvalue weighted by molar-refractivity contribution is 0.583. The van der Waals surface area contributed by atoms with Crippen LogP contribution in [0.1, 0.15) is 16.7 Å². The molecular weight excluding hydrogens is 420 g/mol. The van der Waals surface area contributed by atoms with E-state index < -0.39 is 25.6 Å². The van der Waals surface area contributed by atoms with E-state index in [4.69, 9.17) is 0 Å². The first kappa shape index (κ1) is 21.7. The number of nitrogens with one attached hydrogen (secondary N) is 1. The van der Waals surface area contributed by atoms with Crippen LogP contribution in [0.25, 0.3) is 0 Å². The van der Waals surface area contributed by atoms with E-state index in [9.17, 15) is 16.8 Å². The van der Waals surface area contributed by atoms with Crippen LogP contribution in [0.2, 0.25) is 0 Å². The summed E-state index contributed by atoms with van der Waals surface area (Å²) in [5.41, 5.74) is 2.48. The zero-order chi connectivity index (χ0) is 21.8. The van der Waals surface area contributed by atoms with Crippen molar-refractivity contribution in [2.75, 3.05) is 5.75 Å². The number of sulfone groups is 1. The summed E-state index contributed by atoms with van der Waals surface area (Å²) in [5.74, 6) is -0.448. The van der Waals surface area contributed by atoms with Crippen LogP contribution in [0.15, 0.2) is 93.8 Å². The van der Waals surface area contributed by atoms with Gasteiger partial charge in [-0.1, -0.05) is 65.7 Å². The lowest BCUT2D eigenvalue weighted by Gasteiger charge is -2.10. The van der Waals surface area contributed by atoms with Gasteiger partial charge in [0.1, 0.15) is 0 Å². The summed E-state index contributed by atoms with van der Waals surface area (Å²) in [4.78, 5) is 2.37. The summed E-state index contributed by atoms with van der Waals surface area (Å²) in [6, 6.07) is 21.4. The van der Waals surface area contributed by atoms with E-state index in [0.29, 0.717) is 5.56 Å². The Labute approximate surface area is 177 Å². The van der Waals surface area contributed by atoms with Gasteiger partial charge in [0.25, 0.3) is 10.0 Å². The van der Waals surface area contributed by atoms with Crippen molar-refractivity contribution < 1.29 is 16.8 Å². The quantitative estimate of drug-likeness (QED) is 0.448. The molecule has 3 aromatic carbocycles. The molecule has 1 N–H and O–H groups in total. The molecule has 8 heteroatoms. The molecule has 6 nitrogen and oxygen atoms in total. The molecule has 0 saturated carbocycles. The number of sulfonamides is 1. The van der Waals surface area contributed by atoms with Crippen LogP contribution in [-0.4, -0.2) is 28.3 Å². The Balaban J connectivity index is 1.95. The Morgan fingerprint density at radius 3 is 1.77 bits per heavy atom. The summed E-state index contributed by atoms with van der Waals surface area (Å²) in [5, 5.41) is 3.99. The molecule has 0 aliphatic carbocycles. The van der Waals surface area contributed by atoms with Crippen molar-refractivity contribution >= 4 is 25.6 Å². The molecule has 3 aromatic rings. The lowest BCUT2D eigenvalue weighted by atomic mass is 10.1. The molecule has 0 aliphatic rings. The highest BCUT2D eigenvalue weighted by molar-refractivity contribution is 7.92. The molecule has 0 bridgehead atoms. The van der Waals surface area contributed by atoms with Gasteiger partial charge >= 0.3 is 0 Å². The third kappa shape index (κ3) is 5.34. The standard InChI is InChI=1S/C22H22N2O4S2/c1-17-8-12-20(13-9-17)29(25,26)16-22(19-6-4-3-5-7-19)23-24-30(27,28)21-14-10-18(2)11-15-21/h3-15,24H,16H2,1-2H3. The van der Waals surface area contributed by atoms with Crippen molar-refractivity contribution in [2.45, 2.75) is 23.6 Å². The van der Waals surface area contributed by atoms with Gasteiger partial charge in [0.05, 0.1) is 21.3 Å². The van der Waals surface area contributed by atoms with Crippen molar-refractivity contribution in [2.24, 2.45) is 5.10 Å². The Kier molecular flexibility index (Phi) is 6.38. The van der Waals surface area contributed by atoms with E-state index in [1.807, 2.05) is 13.8 Å². The van der Waals surface area contributed by atoms with Crippen molar-refractivity contribution in [1.29, 1.82) is 0 Å². The number of nitrogens with zero attached hydrogens (tertiary/aromatic N) is 1. The Bertz CT molecular complexity index is 1250. The largest absolute Gasteiger partial charge is 0.276 e. The molecule has 0 aliphatic heterocycles. The van der Waals surface area contributed by atoms with Gasteiger partial charge in [0.2, 0.25) is 0 Å². The van der Waals surface area contributed by atoms with Gasteiger partial charge in [-0.15, -0.1) is 0 Å². The molecule has 0 heterocycles. The maximum atomic E-state index is 12.9. The first-order valence-corrected chi connectivity index (χ1v) is 12.3. The fourth-order valence-corrected chi connectivity index (χ4v) is 4.84. The highest BCUT2D eigenvalue weighted by Gasteiger charge is 2.20. The van der Waals surface area contributed by atoms with Crippen LogP contribution >= 0.6 is 0 Å². The van der Waals surface area contributed by atoms with Crippen molar-refractivity contribution in [1.82, 2.24) is 4.83 Å². The fraction of sp³-hybridized carbons (Fsp3) is 0.136. The molecule has 0 radical (unpaired) electrons. The fourth-order valence-electron chi connectivity index (χ4n) is 2.70. The minimum absolute atomic E-state index is 0.0469. The molecule has 156 valence electrons. The second-order valence-corrected chi connectivity index (χ2v) is 10.6. The van der Waals surface area contributed by atoms with Crippen LogP contribution in [-0.2, 0) is 19.9 Å². The van der Waals surface area contributed by atoms with Crippen molar-refractivity contribution in [3.8, 4) is 0 Å². The van der Waals surface area contributed by atoms with E-state index in [1.165, 1.54) is 24.3 Å². The van der Waals surface area contributed by atoms with E-state index in [-0.39, 0.29) is 15.5 Å². The average Bonchev–Trinajstić information content (AvgIpc) is 2.72. The zero-order valence-electron chi connectivity index (χ0n) is 16.6. The summed E-state index contributed by atoms with van der Waals surface area (Å²) < 4.78 is 51.0. The molecule has 0 atom stereocenters. The second-order valence-electron chi connectivity index (χ2n) is 6.90. The van der Waals surface area contributed by atoms with E-state index in [0.717, 1.165) is 11.1 Å². The minimum atomic E-state index is -3.94. The van der Waals surface area contributed by atoms with Gasteiger partial charge in [-0.3, -0.25) is 0 Å². The summed E-state index contributed by atoms with van der Waals surface area (Å²) >= 11 is 0. The highest BCUT2D eigenvalue weighted by Crippen LogP contribution is 2.15. The van der Waals surface area contributed by atoms with Gasteiger partial charge in [0, 0.05) is 0 Å². The first-order valence-electron chi connectivity index (χ1n) is 9.17. The Morgan fingerprint density at radius 1 is 0.733 bits per heavy atom. The van der Waals surface area contributed by atoms with E-state index >= 15 is 0 Å². The molecule has 3 rings (SSSR count). The van der Waals surface area contributed by atoms with Crippen LogP contribution in [0, 0.1) is 13.8 Å². The minimum Gasteiger partial charge on any atom is -0.223 e. The Hall–Kier alpha value is -2.97. The SMILES string of the molecule is Cc1ccc(S(=O)(=O)CC(=NNS(=O)(=O)c2ccc(C)cc2)c2ccccc2)cc1. The van der Waals surface area contributed by atoms with Gasteiger partial charge < -0.3 is 0 Å². The number of hydrogen-bond donors (Lipinski definition) is 1. The normalized spacial score (nSPS) is 12.5. The van der Waals surface area contributed by atoms with Crippen molar-refractivity contribution in [3.05, 3.63) is 95.6 Å². The third-order valence-electron chi connectivity index (χ3n) is 4.45. The molecule has 0 fully saturated rings. The number of benzene rings is 3. The van der Waals surface area contributed by atoms with Crippen LogP contribution in [0.4, 0.5) is 0 Å². The van der Waals surface area contributed by atoms with E-state index in [1.54, 1.807) is 54.6 Å². The maximum Gasteiger partial charge on any atom is 0.276 e. The van der Waals surface area contributed by atoms with Crippen LogP contribution < -0.4 is 4.83 Å². The number of aryl methyl sites for hydroxylation is 2. The summed E-state index contributed by atoms with van der Waals surface area (Å²) in [7, 11) is -7.67. The predicted octanol–water partition coefficient (Wildman–Crippen LogP) is 3.46. The number of hydrazone groups is 1. The molecule has 0 amide bonds. The highest BCUT2D eigenvalue weighted by atomic mass is 32.2. The maximum absolute atomic E-state index is 12.9. The predicted molar refractivity (Wildman–Crippen MR) is 118 cm³/mol. The average molecular weight is 443 g/mol. The number of hydrogen-bond acceptors (Lipinski definition) is 5. The van der Waals surface area contributed by atoms with Gasteiger partial charge in [0.15, 0.2) is 9.84 Å². The van der Waals surface area contributed by atoms with E-state index in [2.05, 4.69) is 9.93 Å². The molecule has 0 unspecified atom stereocenters. The lowest BCUT2D eigenvalue weighted by Crippen LogP contribution is -2.24. The summed E-state index contributed by atoms with van der Waals surface area (Å²) in [6.45, 7) is 3.72. The molecule has 0 saturated heterocycles.